The van der Waals surface area contributed by atoms with Crippen molar-refractivity contribution < 1.29 is 17.6 Å². The van der Waals surface area contributed by atoms with Gasteiger partial charge in [-0.15, -0.1) is 0 Å². The maximum absolute atomic E-state index is 13.5. The summed E-state index contributed by atoms with van der Waals surface area (Å²) in [7, 11) is 0. The second-order valence-electron chi connectivity index (χ2n) is 6.46. The van der Waals surface area contributed by atoms with Gasteiger partial charge in [-0.3, -0.25) is 9.99 Å². The van der Waals surface area contributed by atoms with Crippen LogP contribution in [0.3, 0.4) is 0 Å². The maximum Gasteiger partial charge on any atom is 0.406 e. The minimum absolute atomic E-state index is 0.162. The first kappa shape index (κ1) is 16.3. The van der Waals surface area contributed by atoms with Crippen LogP contribution in [0.5, 0.6) is 0 Å². The van der Waals surface area contributed by atoms with Crippen LogP contribution in [0.1, 0.15) is 25.5 Å². The topological polar surface area (TPSA) is 31.7 Å². The van der Waals surface area contributed by atoms with E-state index in [1.165, 1.54) is 22.2 Å². The molecule has 4 nitrogen and oxygen atoms in total. The number of alkyl halides is 3. The number of hydrazine groups is 1. The van der Waals surface area contributed by atoms with Gasteiger partial charge < -0.3 is 0 Å². The van der Waals surface area contributed by atoms with Crippen molar-refractivity contribution in [3.63, 3.8) is 0 Å². The molecule has 0 radical (unpaired) electrons. The largest absolute Gasteiger partial charge is 0.406 e. The Hall–Kier alpha value is -2.22. The monoisotopic (exact) mass is 352 g/mol. The molecule has 3 aliphatic rings. The average Bonchev–Trinajstić information content (AvgIpc) is 3.26. The van der Waals surface area contributed by atoms with E-state index in [-0.39, 0.29) is 12.5 Å². The molecular formula is C17H16F4N4. The molecule has 3 heterocycles. The number of rotatable bonds is 3. The predicted molar refractivity (Wildman–Crippen MR) is 83.7 cm³/mol. The fourth-order valence-corrected chi connectivity index (χ4v) is 3.35. The van der Waals surface area contributed by atoms with Crippen LogP contribution in [0.25, 0.3) is 0 Å². The van der Waals surface area contributed by atoms with Crippen LogP contribution in [-0.2, 0) is 0 Å². The van der Waals surface area contributed by atoms with Crippen LogP contribution in [0.2, 0.25) is 0 Å². The van der Waals surface area contributed by atoms with Crippen molar-refractivity contribution in [2.45, 2.75) is 32.0 Å². The number of pyridine rings is 1. The molecule has 0 bridgehead atoms. The quantitative estimate of drug-likeness (QED) is 0.779. The molecule has 1 saturated carbocycles. The highest BCUT2D eigenvalue weighted by Gasteiger charge is 2.54. The highest BCUT2D eigenvalue weighted by atomic mass is 19.4. The van der Waals surface area contributed by atoms with Crippen molar-refractivity contribution in [2.75, 3.05) is 6.54 Å². The van der Waals surface area contributed by atoms with Gasteiger partial charge in [-0.1, -0.05) is 0 Å². The number of hydrogen-bond donors (Lipinski definition) is 0. The van der Waals surface area contributed by atoms with Gasteiger partial charge in [0.1, 0.15) is 17.7 Å². The van der Waals surface area contributed by atoms with E-state index in [4.69, 9.17) is 0 Å². The molecular weight excluding hydrogens is 336 g/mol. The molecule has 25 heavy (non-hydrogen) atoms. The van der Waals surface area contributed by atoms with Crippen LogP contribution in [0.4, 0.5) is 17.6 Å². The average molecular weight is 352 g/mol. The van der Waals surface area contributed by atoms with E-state index in [1.54, 1.807) is 19.1 Å². The number of aromatic nitrogens is 1. The molecule has 1 fully saturated rings. The second kappa shape index (κ2) is 5.66. The fraction of sp³-hybridized carbons (Fsp3) is 0.412. The normalized spacial score (nSPS) is 22.3. The number of halogens is 4. The third-order valence-corrected chi connectivity index (χ3v) is 4.56. The van der Waals surface area contributed by atoms with Gasteiger partial charge in [0.05, 0.1) is 17.6 Å². The molecule has 1 aromatic rings. The molecule has 0 aromatic carbocycles. The Morgan fingerprint density at radius 1 is 1.24 bits per heavy atom. The van der Waals surface area contributed by atoms with Crippen molar-refractivity contribution in [1.82, 2.24) is 15.0 Å². The Bertz CT molecular complexity index is 775. The van der Waals surface area contributed by atoms with E-state index in [0.717, 1.165) is 6.20 Å². The van der Waals surface area contributed by atoms with Crippen LogP contribution in [0, 0.1) is 11.7 Å². The van der Waals surface area contributed by atoms with Crippen molar-refractivity contribution in [3.05, 3.63) is 53.5 Å². The van der Waals surface area contributed by atoms with Gasteiger partial charge in [0.15, 0.2) is 0 Å². The van der Waals surface area contributed by atoms with E-state index in [0.29, 0.717) is 35.8 Å². The van der Waals surface area contributed by atoms with Crippen LogP contribution < -0.4 is 0 Å². The molecule has 4 rings (SSSR count). The molecule has 0 spiro atoms. The highest BCUT2D eigenvalue weighted by Crippen LogP contribution is 2.46. The van der Waals surface area contributed by atoms with Crippen molar-refractivity contribution >= 4 is 5.71 Å². The standard InChI is InChI=1S/C17H16F4N4/c1-10-8-14(13-5-4-12(18)9-22-13)23-15-6-7-24(25(10)15)16(11-2-3-11)17(19,20)21/h4-6,8-9,11,16H,2-3,7H2,1H3. The fourth-order valence-electron chi connectivity index (χ4n) is 3.35. The van der Waals surface area contributed by atoms with Crippen molar-refractivity contribution in [1.29, 1.82) is 0 Å². The lowest BCUT2D eigenvalue weighted by atomic mass is 10.1. The third-order valence-electron chi connectivity index (χ3n) is 4.56. The van der Waals surface area contributed by atoms with Gasteiger partial charge in [0, 0.05) is 12.2 Å². The lowest BCUT2D eigenvalue weighted by molar-refractivity contribution is -0.212. The van der Waals surface area contributed by atoms with E-state index < -0.39 is 18.0 Å². The Kier molecular flexibility index (Phi) is 3.68. The van der Waals surface area contributed by atoms with Crippen molar-refractivity contribution in [2.24, 2.45) is 10.9 Å². The summed E-state index contributed by atoms with van der Waals surface area (Å²) in [6.45, 7) is 1.90. The molecule has 1 aliphatic carbocycles. The molecule has 0 N–H and O–H groups in total. The van der Waals surface area contributed by atoms with Gasteiger partial charge in [-0.2, -0.15) is 18.2 Å². The zero-order chi connectivity index (χ0) is 17.8. The first-order valence-electron chi connectivity index (χ1n) is 8.07. The molecule has 8 heteroatoms. The molecule has 0 amide bonds. The summed E-state index contributed by atoms with van der Waals surface area (Å²) in [6.07, 6.45) is 1.36. The lowest BCUT2D eigenvalue weighted by Crippen LogP contribution is -2.52. The molecule has 1 aromatic heterocycles. The van der Waals surface area contributed by atoms with Gasteiger partial charge in [-0.25, -0.2) is 9.38 Å². The number of allylic oxidation sites excluding steroid dienone is 2. The number of nitrogens with zero attached hydrogens (tertiary/aromatic N) is 4. The summed E-state index contributed by atoms with van der Waals surface area (Å²) < 4.78 is 53.6. The lowest BCUT2D eigenvalue weighted by Gasteiger charge is -2.39. The van der Waals surface area contributed by atoms with E-state index in [1.807, 2.05) is 0 Å². The number of hydrogen-bond acceptors (Lipinski definition) is 4. The molecule has 0 saturated heterocycles. The molecule has 1 atom stereocenters. The first-order chi connectivity index (χ1) is 11.8. The smallest absolute Gasteiger partial charge is 0.261 e. The summed E-state index contributed by atoms with van der Waals surface area (Å²) in [5, 5.41) is 2.88. The summed E-state index contributed by atoms with van der Waals surface area (Å²) in [6, 6.07) is 1.29. The Morgan fingerprint density at radius 3 is 2.60 bits per heavy atom. The highest BCUT2D eigenvalue weighted by molar-refractivity contribution is 6.08. The van der Waals surface area contributed by atoms with Crippen LogP contribution >= 0.6 is 0 Å². The summed E-state index contributed by atoms with van der Waals surface area (Å²) in [5.41, 5.74) is 1.63. The predicted octanol–water partition coefficient (Wildman–Crippen LogP) is 3.64. The zero-order valence-electron chi connectivity index (χ0n) is 13.5. The van der Waals surface area contributed by atoms with E-state index >= 15 is 0 Å². The minimum atomic E-state index is -4.28. The van der Waals surface area contributed by atoms with Crippen LogP contribution in [-0.4, -0.2) is 39.5 Å². The van der Waals surface area contributed by atoms with Gasteiger partial charge in [0.2, 0.25) is 0 Å². The summed E-state index contributed by atoms with van der Waals surface area (Å²) in [4.78, 5) is 8.41. The second-order valence-corrected chi connectivity index (χ2v) is 6.46. The van der Waals surface area contributed by atoms with E-state index in [9.17, 15) is 17.6 Å². The number of fused-ring (bicyclic) bond motifs is 1. The van der Waals surface area contributed by atoms with Gasteiger partial charge in [0.25, 0.3) is 0 Å². The van der Waals surface area contributed by atoms with Gasteiger partial charge in [-0.05, 0) is 50.0 Å². The molecule has 132 valence electrons. The molecule has 1 unspecified atom stereocenters. The maximum atomic E-state index is 13.5. The van der Waals surface area contributed by atoms with E-state index in [2.05, 4.69) is 9.98 Å². The van der Waals surface area contributed by atoms with Gasteiger partial charge >= 0.3 is 6.18 Å². The number of aliphatic imine (C=N–C) groups is 1. The Morgan fingerprint density at radius 2 is 2.00 bits per heavy atom. The SMILES string of the molecule is CC1=CC(c2ccc(F)cn2)=NC2=CCN(C(C3CC3)C(F)(F)F)N12. The summed E-state index contributed by atoms with van der Waals surface area (Å²) in [5.74, 6) is -0.355. The van der Waals surface area contributed by atoms with Crippen LogP contribution in [0.15, 0.2) is 47.0 Å². The zero-order valence-corrected chi connectivity index (χ0v) is 13.5. The molecule has 2 aliphatic heterocycles. The third kappa shape index (κ3) is 2.95. The Labute approximate surface area is 142 Å². The van der Waals surface area contributed by atoms with Crippen molar-refractivity contribution in [3.8, 4) is 0 Å². The minimum Gasteiger partial charge on any atom is -0.261 e. The summed E-state index contributed by atoms with van der Waals surface area (Å²) >= 11 is 0. The first-order valence-corrected chi connectivity index (χ1v) is 8.07. The Balaban J connectivity index is 1.64.